The van der Waals surface area contributed by atoms with Crippen LogP contribution < -0.4 is 0 Å². The van der Waals surface area contributed by atoms with Gasteiger partial charge < -0.3 is 9.47 Å². The number of ether oxygens (including phenoxy) is 2. The Morgan fingerprint density at radius 2 is 2.20 bits per heavy atom. The molecule has 4 heteroatoms. The van der Waals surface area contributed by atoms with Crippen LogP contribution in [0.2, 0.25) is 0 Å². The molecule has 20 heavy (non-hydrogen) atoms. The fraction of sp³-hybridized carbons (Fsp3) is 0.500. The fourth-order valence-corrected chi connectivity index (χ4v) is 3.59. The first-order valence-electron chi connectivity index (χ1n) is 7.03. The molecule has 1 aromatic carbocycles. The standard InChI is InChI=1S/C16H18O4/c1-3-19-14(17)16-8-11-6-4-5-7-12(11)10(2)13(16)9-20-15(16)18/h4-7,10,13H,3,8-9H2,1-2H3/t10?,13-,16-/m1/s1. The molecular formula is C16H18O4. The summed E-state index contributed by atoms with van der Waals surface area (Å²) in [6, 6.07) is 7.97. The van der Waals surface area contributed by atoms with Gasteiger partial charge >= 0.3 is 11.9 Å². The Hall–Kier alpha value is -1.84. The molecule has 1 heterocycles. The van der Waals surface area contributed by atoms with Crippen LogP contribution in [0, 0.1) is 11.3 Å². The third-order valence-electron chi connectivity index (χ3n) is 4.65. The molecule has 0 N–H and O–H groups in total. The van der Waals surface area contributed by atoms with Crippen LogP contribution in [0.25, 0.3) is 0 Å². The van der Waals surface area contributed by atoms with Crippen molar-refractivity contribution in [3.8, 4) is 0 Å². The molecule has 1 aromatic rings. The molecule has 1 fully saturated rings. The molecule has 0 spiro atoms. The summed E-state index contributed by atoms with van der Waals surface area (Å²) < 4.78 is 10.4. The summed E-state index contributed by atoms with van der Waals surface area (Å²) in [5.41, 5.74) is 1.10. The third kappa shape index (κ3) is 1.60. The third-order valence-corrected chi connectivity index (χ3v) is 4.65. The Morgan fingerprint density at radius 3 is 2.95 bits per heavy atom. The molecule has 1 aliphatic carbocycles. The van der Waals surface area contributed by atoms with Crippen LogP contribution in [0.1, 0.15) is 30.9 Å². The molecule has 0 saturated carbocycles. The topological polar surface area (TPSA) is 52.6 Å². The smallest absolute Gasteiger partial charge is 0.324 e. The summed E-state index contributed by atoms with van der Waals surface area (Å²) in [6.07, 6.45) is 0.385. The molecule has 1 unspecified atom stereocenters. The second-order valence-electron chi connectivity index (χ2n) is 5.56. The van der Waals surface area contributed by atoms with Crippen molar-refractivity contribution in [2.75, 3.05) is 13.2 Å². The lowest BCUT2D eigenvalue weighted by Crippen LogP contribution is -2.48. The number of cyclic esters (lactones) is 1. The van der Waals surface area contributed by atoms with Crippen LogP contribution in [0.5, 0.6) is 0 Å². The Labute approximate surface area is 118 Å². The lowest BCUT2D eigenvalue weighted by molar-refractivity contribution is -0.167. The molecule has 1 aliphatic heterocycles. The largest absolute Gasteiger partial charge is 0.465 e. The van der Waals surface area contributed by atoms with E-state index in [0.717, 1.165) is 5.56 Å². The molecule has 1 saturated heterocycles. The SMILES string of the molecule is CCOC(=O)[C@@]12Cc3ccccc3C(C)[C@H]1COC2=O. The molecule has 0 radical (unpaired) electrons. The van der Waals surface area contributed by atoms with Gasteiger partial charge in [-0.1, -0.05) is 31.2 Å². The average molecular weight is 274 g/mol. The van der Waals surface area contributed by atoms with E-state index in [4.69, 9.17) is 9.47 Å². The van der Waals surface area contributed by atoms with Gasteiger partial charge in [0.05, 0.1) is 13.2 Å². The minimum absolute atomic E-state index is 0.107. The van der Waals surface area contributed by atoms with Crippen LogP contribution in [-0.2, 0) is 25.5 Å². The number of hydrogen-bond acceptors (Lipinski definition) is 4. The van der Waals surface area contributed by atoms with Crippen LogP contribution >= 0.6 is 0 Å². The van der Waals surface area contributed by atoms with Crippen LogP contribution in [0.4, 0.5) is 0 Å². The number of carbonyl (C=O) groups excluding carboxylic acids is 2. The van der Waals surface area contributed by atoms with Crippen molar-refractivity contribution in [2.24, 2.45) is 11.3 Å². The van der Waals surface area contributed by atoms with Crippen molar-refractivity contribution in [1.82, 2.24) is 0 Å². The van der Waals surface area contributed by atoms with Crippen molar-refractivity contribution in [3.63, 3.8) is 0 Å². The fourth-order valence-electron chi connectivity index (χ4n) is 3.59. The Kier molecular flexibility index (Phi) is 3.04. The summed E-state index contributed by atoms with van der Waals surface area (Å²) in [5.74, 6) is -0.893. The van der Waals surface area contributed by atoms with Crippen molar-refractivity contribution < 1.29 is 19.1 Å². The zero-order valence-electron chi connectivity index (χ0n) is 11.7. The molecule has 3 atom stereocenters. The Morgan fingerprint density at radius 1 is 1.45 bits per heavy atom. The van der Waals surface area contributed by atoms with Crippen molar-refractivity contribution in [3.05, 3.63) is 35.4 Å². The zero-order chi connectivity index (χ0) is 14.3. The van der Waals surface area contributed by atoms with Gasteiger partial charge in [0.1, 0.15) is 0 Å². The quantitative estimate of drug-likeness (QED) is 0.612. The van der Waals surface area contributed by atoms with Gasteiger partial charge in [-0.25, -0.2) is 0 Å². The van der Waals surface area contributed by atoms with Crippen molar-refractivity contribution in [2.45, 2.75) is 26.2 Å². The van der Waals surface area contributed by atoms with Gasteiger partial charge in [-0.2, -0.15) is 0 Å². The highest BCUT2D eigenvalue weighted by Gasteiger charge is 2.62. The molecular weight excluding hydrogens is 256 g/mol. The summed E-state index contributed by atoms with van der Waals surface area (Å²) in [6.45, 7) is 4.38. The van der Waals surface area contributed by atoms with E-state index in [1.807, 2.05) is 18.2 Å². The average Bonchev–Trinajstić information content (AvgIpc) is 2.78. The van der Waals surface area contributed by atoms with E-state index in [9.17, 15) is 9.59 Å². The van der Waals surface area contributed by atoms with E-state index in [2.05, 4.69) is 13.0 Å². The van der Waals surface area contributed by atoms with Crippen LogP contribution in [0.3, 0.4) is 0 Å². The molecule has 0 bridgehead atoms. The van der Waals surface area contributed by atoms with E-state index in [1.165, 1.54) is 5.56 Å². The van der Waals surface area contributed by atoms with Gasteiger partial charge in [0.2, 0.25) is 0 Å². The van der Waals surface area contributed by atoms with Gasteiger partial charge in [-0.15, -0.1) is 0 Å². The Bertz CT molecular complexity index is 565. The first kappa shape index (κ1) is 13.2. The number of hydrogen-bond donors (Lipinski definition) is 0. The summed E-state index contributed by atoms with van der Waals surface area (Å²) in [7, 11) is 0. The highest BCUT2D eigenvalue weighted by molar-refractivity contribution is 6.02. The summed E-state index contributed by atoms with van der Waals surface area (Å²) in [4.78, 5) is 24.7. The first-order chi connectivity index (χ1) is 9.61. The second-order valence-corrected chi connectivity index (χ2v) is 5.56. The van der Waals surface area contributed by atoms with Gasteiger partial charge in [-0.3, -0.25) is 9.59 Å². The lowest BCUT2D eigenvalue weighted by Gasteiger charge is -2.38. The maximum Gasteiger partial charge on any atom is 0.324 e. The molecule has 2 aliphatic rings. The van der Waals surface area contributed by atoms with Crippen LogP contribution in [0.15, 0.2) is 24.3 Å². The molecule has 0 aromatic heterocycles. The van der Waals surface area contributed by atoms with Gasteiger partial charge in [0.15, 0.2) is 5.41 Å². The summed E-state index contributed by atoms with van der Waals surface area (Å²) >= 11 is 0. The first-order valence-corrected chi connectivity index (χ1v) is 7.03. The monoisotopic (exact) mass is 274 g/mol. The number of esters is 2. The van der Waals surface area contributed by atoms with Crippen molar-refractivity contribution >= 4 is 11.9 Å². The number of carbonyl (C=O) groups is 2. The maximum absolute atomic E-state index is 12.4. The number of benzene rings is 1. The predicted molar refractivity (Wildman–Crippen MR) is 72.1 cm³/mol. The van der Waals surface area contributed by atoms with E-state index >= 15 is 0 Å². The maximum atomic E-state index is 12.4. The highest BCUT2D eigenvalue weighted by Crippen LogP contribution is 2.51. The number of rotatable bonds is 2. The minimum Gasteiger partial charge on any atom is -0.465 e. The molecule has 0 amide bonds. The lowest BCUT2D eigenvalue weighted by atomic mass is 9.61. The summed E-state index contributed by atoms with van der Waals surface area (Å²) in [5, 5.41) is 0. The van der Waals surface area contributed by atoms with Gasteiger partial charge in [0.25, 0.3) is 0 Å². The molecule has 4 nitrogen and oxygen atoms in total. The van der Waals surface area contributed by atoms with E-state index in [-0.39, 0.29) is 18.4 Å². The Balaban J connectivity index is 2.11. The second kappa shape index (κ2) is 4.62. The van der Waals surface area contributed by atoms with E-state index < -0.39 is 17.4 Å². The van der Waals surface area contributed by atoms with Gasteiger partial charge in [0, 0.05) is 5.92 Å². The molecule has 3 rings (SSSR count). The number of fused-ring (bicyclic) bond motifs is 2. The molecule has 106 valence electrons. The van der Waals surface area contributed by atoms with Gasteiger partial charge in [-0.05, 0) is 30.4 Å². The van der Waals surface area contributed by atoms with Crippen molar-refractivity contribution in [1.29, 1.82) is 0 Å². The van der Waals surface area contributed by atoms with E-state index in [1.54, 1.807) is 6.92 Å². The zero-order valence-corrected chi connectivity index (χ0v) is 11.7. The highest BCUT2D eigenvalue weighted by atomic mass is 16.6. The predicted octanol–water partition coefficient (Wildman–Crippen LogP) is 2.07. The minimum atomic E-state index is -1.15. The van der Waals surface area contributed by atoms with E-state index in [0.29, 0.717) is 13.0 Å². The van der Waals surface area contributed by atoms with Crippen LogP contribution in [-0.4, -0.2) is 25.2 Å². The normalized spacial score (nSPS) is 31.2.